The summed E-state index contributed by atoms with van der Waals surface area (Å²) in [6.45, 7) is 10.9. The highest BCUT2D eigenvalue weighted by molar-refractivity contribution is 14.1. The summed E-state index contributed by atoms with van der Waals surface area (Å²) in [7, 11) is 0. The maximum Gasteiger partial charge on any atom is 0.178 e. The number of nitrogens with one attached hydrogen (secondary N) is 1. The van der Waals surface area contributed by atoms with Crippen molar-refractivity contribution >= 4 is 45.8 Å². The number of hydrogen-bond acceptors (Lipinski definition) is 1. The average molecular weight is 406 g/mol. The molecule has 0 fully saturated rings. The first kappa shape index (κ1) is 15.9. The number of halogens is 2. The van der Waals surface area contributed by atoms with Crippen LogP contribution in [0.15, 0.2) is 12.1 Å². The minimum atomic E-state index is -0.201. The van der Waals surface area contributed by atoms with Crippen LogP contribution in [0.2, 0.25) is 0 Å². The van der Waals surface area contributed by atoms with E-state index < -0.39 is 0 Å². The number of rotatable bonds is 2. The summed E-state index contributed by atoms with van der Waals surface area (Å²) in [5.41, 5.74) is 1.72. The Labute approximate surface area is 137 Å². The molecule has 2 rings (SSSR count). The fraction of sp³-hybridized carbons (Fsp3) is 0.533. The van der Waals surface area contributed by atoms with Crippen LogP contribution in [0.3, 0.4) is 0 Å². The van der Waals surface area contributed by atoms with Crippen LogP contribution < -0.4 is 0 Å². The summed E-state index contributed by atoms with van der Waals surface area (Å²) in [6, 6.07) is 3.39. The molecule has 0 atom stereocenters. The highest BCUT2D eigenvalue weighted by Crippen LogP contribution is 2.35. The molecule has 1 N–H and O–H groups in total. The number of aromatic nitrogens is 2. The van der Waals surface area contributed by atoms with E-state index in [1.165, 1.54) is 0 Å². The average Bonchev–Trinajstić information content (AvgIpc) is 2.51. The molecule has 0 unspecified atom stereocenters. The van der Waals surface area contributed by atoms with Gasteiger partial charge in [-0.2, -0.15) is 0 Å². The Morgan fingerprint density at radius 2 is 1.85 bits per heavy atom. The van der Waals surface area contributed by atoms with E-state index in [0.29, 0.717) is 8.34 Å². The van der Waals surface area contributed by atoms with E-state index in [0.717, 1.165) is 17.5 Å². The van der Waals surface area contributed by atoms with Crippen molar-refractivity contribution in [2.45, 2.75) is 46.6 Å². The molecular weight excluding hydrogens is 386 g/mol. The monoisotopic (exact) mass is 406 g/mol. The van der Waals surface area contributed by atoms with E-state index in [9.17, 15) is 4.39 Å². The van der Waals surface area contributed by atoms with Gasteiger partial charge in [-0.15, -0.1) is 0 Å². The molecule has 1 aromatic heterocycles. The van der Waals surface area contributed by atoms with Crippen molar-refractivity contribution in [1.82, 2.24) is 9.55 Å². The fourth-order valence-electron chi connectivity index (χ4n) is 3.08. The number of benzene rings is 1. The van der Waals surface area contributed by atoms with Gasteiger partial charge >= 0.3 is 0 Å². The van der Waals surface area contributed by atoms with Gasteiger partial charge in [-0.3, -0.25) is 0 Å². The third-order valence-corrected chi connectivity index (χ3v) is 4.40. The number of H-pyrrole nitrogens is 1. The molecule has 0 amide bonds. The van der Waals surface area contributed by atoms with Gasteiger partial charge in [-0.1, -0.05) is 20.8 Å². The first-order valence-electron chi connectivity index (χ1n) is 6.61. The third-order valence-electron chi connectivity index (χ3n) is 3.29. The maximum atomic E-state index is 13.9. The Bertz CT molecular complexity index is 707. The van der Waals surface area contributed by atoms with E-state index in [2.05, 4.69) is 39.6 Å². The van der Waals surface area contributed by atoms with Gasteiger partial charge in [0.2, 0.25) is 0 Å². The molecule has 2 aromatic rings. The van der Waals surface area contributed by atoms with E-state index in [-0.39, 0.29) is 16.8 Å². The molecule has 20 heavy (non-hydrogen) atoms. The normalized spacial score (nSPS) is 13.2. The largest absolute Gasteiger partial charge is 0.331 e. The van der Waals surface area contributed by atoms with E-state index in [4.69, 9.17) is 12.2 Å². The smallest absolute Gasteiger partial charge is 0.178 e. The zero-order valence-corrected chi connectivity index (χ0v) is 15.4. The molecule has 0 aliphatic heterocycles. The highest BCUT2D eigenvalue weighted by atomic mass is 127. The Kier molecular flexibility index (Phi) is 4.06. The third kappa shape index (κ3) is 3.08. The highest BCUT2D eigenvalue weighted by Gasteiger charge is 2.29. The zero-order chi connectivity index (χ0) is 15.3. The predicted octanol–water partition coefficient (Wildman–Crippen LogP) is 5.61. The summed E-state index contributed by atoms with van der Waals surface area (Å²) < 4.78 is 17.2. The standard InChI is InChI=1S/C15H20FIN2S/c1-14(2,3)8-15(4,5)19-12-6-9(16)10(17)7-11(12)18-13(19)20/h6-7H,8H2,1-5H3,(H,18,20). The molecule has 0 spiro atoms. The Morgan fingerprint density at radius 1 is 1.25 bits per heavy atom. The second-order valence-corrected chi connectivity index (χ2v) is 8.65. The van der Waals surface area contributed by atoms with Crippen molar-refractivity contribution in [2.24, 2.45) is 5.41 Å². The molecule has 0 aliphatic carbocycles. The van der Waals surface area contributed by atoms with Crippen LogP contribution >= 0.6 is 34.8 Å². The molecule has 5 heteroatoms. The number of hydrogen-bond donors (Lipinski definition) is 1. The summed E-state index contributed by atoms with van der Waals surface area (Å²) >= 11 is 7.46. The number of nitrogens with zero attached hydrogens (tertiary/aromatic N) is 1. The van der Waals surface area contributed by atoms with Crippen LogP contribution in [0.1, 0.15) is 41.0 Å². The number of imidazole rings is 1. The number of aromatic amines is 1. The Balaban J connectivity index is 2.68. The van der Waals surface area contributed by atoms with E-state index in [1.54, 1.807) is 6.07 Å². The molecule has 1 aromatic carbocycles. The quantitative estimate of drug-likeness (QED) is 0.508. The molecule has 2 nitrogen and oxygen atoms in total. The van der Waals surface area contributed by atoms with Gasteiger partial charge in [0.05, 0.1) is 14.6 Å². The van der Waals surface area contributed by atoms with Gasteiger partial charge in [0.25, 0.3) is 0 Å². The molecule has 0 aliphatic rings. The molecule has 110 valence electrons. The lowest BCUT2D eigenvalue weighted by molar-refractivity contribution is 0.217. The van der Waals surface area contributed by atoms with Crippen molar-refractivity contribution in [3.63, 3.8) is 0 Å². The van der Waals surface area contributed by atoms with Crippen LogP contribution in [-0.2, 0) is 5.54 Å². The van der Waals surface area contributed by atoms with Crippen LogP contribution in [0.25, 0.3) is 11.0 Å². The second-order valence-electron chi connectivity index (χ2n) is 7.10. The van der Waals surface area contributed by atoms with Crippen molar-refractivity contribution in [2.75, 3.05) is 0 Å². The van der Waals surface area contributed by atoms with Gasteiger partial charge in [0.15, 0.2) is 4.77 Å². The van der Waals surface area contributed by atoms with Crippen molar-refractivity contribution in [3.8, 4) is 0 Å². The molecule has 0 saturated heterocycles. The van der Waals surface area contributed by atoms with Crippen LogP contribution in [0, 0.1) is 19.6 Å². The summed E-state index contributed by atoms with van der Waals surface area (Å²) in [6.07, 6.45) is 0.953. The van der Waals surface area contributed by atoms with Crippen molar-refractivity contribution in [1.29, 1.82) is 0 Å². The second kappa shape index (κ2) is 5.09. The molecule has 0 saturated carbocycles. The minimum Gasteiger partial charge on any atom is -0.331 e. The van der Waals surface area contributed by atoms with Crippen LogP contribution in [-0.4, -0.2) is 9.55 Å². The van der Waals surface area contributed by atoms with Crippen LogP contribution in [0.5, 0.6) is 0 Å². The van der Waals surface area contributed by atoms with Gasteiger partial charge < -0.3 is 9.55 Å². The molecule has 0 radical (unpaired) electrons. The zero-order valence-electron chi connectivity index (χ0n) is 12.5. The predicted molar refractivity (Wildman–Crippen MR) is 93.2 cm³/mol. The lowest BCUT2D eigenvalue weighted by Gasteiger charge is -2.34. The summed E-state index contributed by atoms with van der Waals surface area (Å²) in [5, 5.41) is 0. The first-order valence-corrected chi connectivity index (χ1v) is 8.10. The molecule has 1 heterocycles. The summed E-state index contributed by atoms with van der Waals surface area (Å²) in [4.78, 5) is 3.19. The van der Waals surface area contributed by atoms with E-state index in [1.807, 2.05) is 33.2 Å². The summed E-state index contributed by atoms with van der Waals surface area (Å²) in [5.74, 6) is -0.201. The topological polar surface area (TPSA) is 20.7 Å². The number of fused-ring (bicyclic) bond motifs is 1. The van der Waals surface area contributed by atoms with Gasteiger partial charge in [-0.25, -0.2) is 4.39 Å². The van der Waals surface area contributed by atoms with Crippen molar-refractivity contribution < 1.29 is 4.39 Å². The lowest BCUT2D eigenvalue weighted by atomic mass is 9.81. The van der Waals surface area contributed by atoms with Crippen molar-refractivity contribution in [3.05, 3.63) is 26.3 Å². The first-order chi connectivity index (χ1) is 9.01. The molecule has 0 bridgehead atoms. The maximum absolute atomic E-state index is 13.9. The fourth-order valence-corrected chi connectivity index (χ4v) is 4.00. The van der Waals surface area contributed by atoms with E-state index >= 15 is 0 Å². The van der Waals surface area contributed by atoms with Gasteiger partial charge in [0.1, 0.15) is 5.82 Å². The lowest BCUT2D eigenvalue weighted by Crippen LogP contribution is -2.31. The van der Waals surface area contributed by atoms with Gasteiger partial charge in [-0.05, 0) is 66.6 Å². The minimum absolute atomic E-state index is 0.170. The molecular formula is C15H20FIN2S. The SMILES string of the molecule is CC(C)(C)CC(C)(C)n1c(=S)[nH]c2cc(I)c(F)cc21. The van der Waals surface area contributed by atoms with Crippen LogP contribution in [0.4, 0.5) is 4.39 Å². The Hall–Kier alpha value is -0.430. The Morgan fingerprint density at radius 3 is 2.40 bits per heavy atom. The van der Waals surface area contributed by atoms with Gasteiger partial charge in [0, 0.05) is 11.6 Å².